The highest BCUT2D eigenvalue weighted by Gasteiger charge is 2.42. The van der Waals surface area contributed by atoms with Crippen molar-refractivity contribution < 1.29 is 65.5 Å². The minimum atomic E-state index is -4.34. The molecule has 1 fully saturated rings. The predicted octanol–water partition coefficient (Wildman–Crippen LogP) is 5.02. The molecule has 0 bridgehead atoms. The summed E-state index contributed by atoms with van der Waals surface area (Å²) in [5.74, 6) is -7.05. The van der Waals surface area contributed by atoms with Crippen LogP contribution in [-0.4, -0.2) is 169 Å². The molecule has 18 heteroatoms. The van der Waals surface area contributed by atoms with Crippen molar-refractivity contribution in [3.05, 3.63) is 65.7 Å². The van der Waals surface area contributed by atoms with Gasteiger partial charge in [0.2, 0.25) is 0 Å². The second kappa shape index (κ2) is 24.5. The third kappa shape index (κ3) is 19.4. The van der Waals surface area contributed by atoms with Gasteiger partial charge in [-0.3, -0.25) is 38.8 Å². The van der Waals surface area contributed by atoms with Crippen molar-refractivity contribution in [3.63, 3.8) is 0 Å². The highest BCUT2D eigenvalue weighted by Crippen LogP contribution is 2.25. The number of esters is 3. The fourth-order valence-electron chi connectivity index (χ4n) is 6.56. The minimum Gasteiger partial charge on any atom is -0.487 e. The van der Waals surface area contributed by atoms with Gasteiger partial charge in [-0.05, 0) is 78.1 Å². The maximum absolute atomic E-state index is 13.8. The summed E-state index contributed by atoms with van der Waals surface area (Å²) in [5.41, 5.74) is -0.0843. The van der Waals surface area contributed by atoms with Crippen LogP contribution >= 0.6 is 0 Å². The Balaban J connectivity index is 1.97. The van der Waals surface area contributed by atoms with Gasteiger partial charge >= 0.3 is 36.2 Å². The Kier molecular flexibility index (Phi) is 20.5. The van der Waals surface area contributed by atoms with Crippen LogP contribution in [0, 0.1) is 0 Å². The molecule has 1 saturated heterocycles. The number of nitrogens with zero attached hydrogens (tertiary/aromatic N) is 4. The van der Waals surface area contributed by atoms with Crippen molar-refractivity contribution in [2.24, 2.45) is 0 Å². The normalized spacial score (nSPS) is 17.0. The maximum atomic E-state index is 13.8. The van der Waals surface area contributed by atoms with Gasteiger partial charge in [0.05, 0.1) is 32.9 Å². The molecule has 1 N–H and O–H groups in total. The number of hydrogen-bond acceptors (Lipinski definition) is 13. The first-order chi connectivity index (χ1) is 29.0. The molecule has 1 unspecified atom stereocenters. The number of carboxylic acid groups (broad SMARTS) is 1. The van der Waals surface area contributed by atoms with Gasteiger partial charge in [-0.1, -0.05) is 42.5 Å². The summed E-state index contributed by atoms with van der Waals surface area (Å²) in [5, 5.41) is 10.5. The molecule has 0 aliphatic carbocycles. The van der Waals surface area contributed by atoms with Crippen LogP contribution in [0.25, 0.3) is 0 Å². The van der Waals surface area contributed by atoms with Crippen molar-refractivity contribution in [1.82, 2.24) is 19.6 Å². The topological polar surface area (TPSA) is 148 Å². The zero-order valence-corrected chi connectivity index (χ0v) is 37.0. The molecule has 2 aromatic carbocycles. The summed E-state index contributed by atoms with van der Waals surface area (Å²) in [7, 11) is 0. The Morgan fingerprint density at radius 1 is 0.694 bits per heavy atom. The van der Waals surface area contributed by atoms with E-state index in [-0.39, 0.29) is 97.4 Å². The number of hydrogen-bond donors (Lipinski definition) is 1. The quantitative estimate of drug-likeness (QED) is 0.115. The van der Waals surface area contributed by atoms with E-state index in [9.17, 15) is 41.8 Å². The van der Waals surface area contributed by atoms with Crippen molar-refractivity contribution >= 4 is 23.9 Å². The standard InChI is InChI=1S/C44H64F4N4O10/c1-8-59-40(57)35(26-32-14-16-34(17-15-32)60-31-44(47,48)41(45)46)51-22-18-49(27-37(53)61-42(2,3)4)20-24-52(25-21-50(19-23-51)28-38(54)62-43(5,6)7)36(39(55)56)30-58-29-33-12-10-9-11-13-33/h9-17,35-36,41H,8,18-31H2,1-7H3,(H,55,56)/t35?,36-/m0/s1. The van der Waals surface area contributed by atoms with Gasteiger partial charge in [-0.25, -0.2) is 8.78 Å². The lowest BCUT2D eigenvalue weighted by Gasteiger charge is -2.37. The molecule has 1 aliphatic heterocycles. The molecule has 1 aliphatic rings. The molecule has 0 amide bonds. The van der Waals surface area contributed by atoms with Crippen LogP contribution in [0.2, 0.25) is 0 Å². The average Bonchev–Trinajstić information content (AvgIpc) is 3.16. The summed E-state index contributed by atoms with van der Waals surface area (Å²) in [6.07, 6.45) is -3.81. The van der Waals surface area contributed by atoms with E-state index in [2.05, 4.69) is 0 Å². The van der Waals surface area contributed by atoms with Crippen LogP contribution in [0.15, 0.2) is 54.6 Å². The average molecular weight is 885 g/mol. The molecule has 1 heterocycles. The Hall–Kier alpha value is -4.36. The van der Waals surface area contributed by atoms with Gasteiger partial charge in [0.15, 0.2) is 6.61 Å². The van der Waals surface area contributed by atoms with Crippen LogP contribution < -0.4 is 4.74 Å². The molecule has 2 aromatic rings. The second-order valence-corrected chi connectivity index (χ2v) is 17.1. The van der Waals surface area contributed by atoms with Crippen molar-refractivity contribution in [2.45, 2.75) is 97.1 Å². The lowest BCUT2D eigenvalue weighted by Crippen LogP contribution is -2.54. The number of carboxylic acids is 1. The van der Waals surface area contributed by atoms with Gasteiger partial charge in [0.25, 0.3) is 0 Å². The smallest absolute Gasteiger partial charge is 0.340 e. The summed E-state index contributed by atoms with van der Waals surface area (Å²) >= 11 is 0. The van der Waals surface area contributed by atoms with Gasteiger partial charge < -0.3 is 28.8 Å². The number of rotatable bonds is 19. The molecule has 3 rings (SSSR count). The molecule has 0 spiro atoms. The third-order valence-electron chi connectivity index (χ3n) is 9.57. The third-order valence-corrected chi connectivity index (χ3v) is 9.57. The van der Waals surface area contributed by atoms with E-state index in [1.165, 1.54) is 12.1 Å². The van der Waals surface area contributed by atoms with E-state index >= 15 is 0 Å². The van der Waals surface area contributed by atoms with Crippen LogP contribution in [0.3, 0.4) is 0 Å². The highest BCUT2D eigenvalue weighted by molar-refractivity contribution is 5.76. The van der Waals surface area contributed by atoms with E-state index in [4.69, 9.17) is 23.7 Å². The molecule has 14 nitrogen and oxygen atoms in total. The number of carbonyl (C=O) groups excluding carboxylic acids is 3. The Morgan fingerprint density at radius 3 is 1.61 bits per heavy atom. The highest BCUT2D eigenvalue weighted by atomic mass is 19.3. The van der Waals surface area contributed by atoms with E-state index in [0.717, 1.165) is 5.56 Å². The predicted molar refractivity (Wildman–Crippen MR) is 222 cm³/mol. The monoisotopic (exact) mass is 884 g/mol. The van der Waals surface area contributed by atoms with Gasteiger partial charge in [-0.15, -0.1) is 0 Å². The maximum Gasteiger partial charge on any atom is 0.340 e. The Morgan fingerprint density at radius 2 is 1.18 bits per heavy atom. The number of alkyl halides is 4. The molecular weight excluding hydrogens is 820 g/mol. The summed E-state index contributed by atoms with van der Waals surface area (Å²) in [6.45, 7) is 12.2. The Labute approximate surface area is 362 Å². The van der Waals surface area contributed by atoms with Gasteiger partial charge in [0.1, 0.15) is 29.0 Å². The number of carbonyl (C=O) groups is 4. The van der Waals surface area contributed by atoms with Gasteiger partial charge in [-0.2, -0.15) is 8.78 Å². The van der Waals surface area contributed by atoms with E-state index < -0.39 is 66.1 Å². The lowest BCUT2D eigenvalue weighted by atomic mass is 10.0. The Bertz CT molecular complexity index is 1650. The van der Waals surface area contributed by atoms with Crippen LogP contribution in [0.4, 0.5) is 17.6 Å². The van der Waals surface area contributed by atoms with E-state index in [1.54, 1.807) is 65.5 Å². The fraction of sp³-hybridized carbons (Fsp3) is 0.636. The van der Waals surface area contributed by atoms with E-state index in [1.807, 2.05) is 45.0 Å². The summed E-state index contributed by atoms with van der Waals surface area (Å²) in [6, 6.07) is 13.2. The van der Waals surface area contributed by atoms with Crippen molar-refractivity contribution in [1.29, 1.82) is 0 Å². The molecule has 2 atom stereocenters. The first-order valence-corrected chi connectivity index (χ1v) is 20.8. The first kappa shape index (κ1) is 52.0. The van der Waals surface area contributed by atoms with Crippen molar-refractivity contribution in [3.8, 4) is 5.75 Å². The first-order valence-electron chi connectivity index (χ1n) is 20.8. The molecule has 348 valence electrons. The van der Waals surface area contributed by atoms with Crippen LogP contribution in [0.1, 0.15) is 59.6 Å². The molecule has 0 saturated carbocycles. The zero-order chi connectivity index (χ0) is 46.1. The number of benzene rings is 2. The van der Waals surface area contributed by atoms with Gasteiger partial charge in [0, 0.05) is 52.4 Å². The second-order valence-electron chi connectivity index (χ2n) is 17.1. The van der Waals surface area contributed by atoms with Crippen LogP contribution in [0.5, 0.6) is 5.75 Å². The lowest BCUT2D eigenvalue weighted by molar-refractivity contribution is -0.157. The largest absolute Gasteiger partial charge is 0.487 e. The molecular formula is C44H64F4N4O10. The van der Waals surface area contributed by atoms with Crippen LogP contribution in [-0.2, 0) is 51.2 Å². The minimum absolute atomic E-state index is 0.0643. The SMILES string of the molecule is CCOC(=O)C(Cc1ccc(OCC(F)(F)C(F)F)cc1)N1CCN(CC(=O)OC(C)(C)C)CCN([C@@H](COCc2ccccc2)C(=O)O)CCN(CC(=O)OC(C)(C)C)CC1. The van der Waals surface area contributed by atoms with Crippen molar-refractivity contribution in [2.75, 3.05) is 85.3 Å². The molecule has 0 aromatic heterocycles. The van der Waals surface area contributed by atoms with E-state index in [0.29, 0.717) is 5.56 Å². The summed E-state index contributed by atoms with van der Waals surface area (Å²) < 4.78 is 80.1. The number of ether oxygens (including phenoxy) is 5. The summed E-state index contributed by atoms with van der Waals surface area (Å²) in [4.78, 5) is 60.4. The number of halogens is 4. The molecule has 62 heavy (non-hydrogen) atoms. The molecule has 0 radical (unpaired) electrons. The number of aliphatic carboxylic acids is 1. The zero-order valence-electron chi connectivity index (χ0n) is 37.0. The fourth-order valence-corrected chi connectivity index (χ4v) is 6.56.